The molecule has 3 atom stereocenters. The molecule has 2 aromatic rings. The van der Waals surface area contributed by atoms with E-state index in [0.717, 1.165) is 11.7 Å². The molecule has 0 radical (unpaired) electrons. The van der Waals surface area contributed by atoms with Crippen molar-refractivity contribution in [1.29, 1.82) is 0 Å². The normalized spacial score (nSPS) is 23.8. The first kappa shape index (κ1) is 11.5. The zero-order valence-corrected chi connectivity index (χ0v) is 10.7. The molecule has 1 saturated carbocycles. The quantitative estimate of drug-likeness (QED) is 0.862. The summed E-state index contributed by atoms with van der Waals surface area (Å²) in [6, 6.07) is 15.4. The summed E-state index contributed by atoms with van der Waals surface area (Å²) in [4.78, 5) is 0. The maximum atomic E-state index is 5.59. The van der Waals surface area contributed by atoms with Crippen LogP contribution in [0.25, 0.3) is 0 Å². The minimum Gasteiger partial charge on any atom is -0.467 e. The van der Waals surface area contributed by atoms with E-state index in [2.05, 4.69) is 42.6 Å². The van der Waals surface area contributed by atoms with Crippen molar-refractivity contribution in [2.24, 2.45) is 5.92 Å². The van der Waals surface area contributed by atoms with Crippen LogP contribution in [0.5, 0.6) is 0 Å². The van der Waals surface area contributed by atoms with Gasteiger partial charge in [0.25, 0.3) is 0 Å². The van der Waals surface area contributed by atoms with E-state index < -0.39 is 0 Å². The van der Waals surface area contributed by atoms with Gasteiger partial charge in [-0.15, -0.1) is 0 Å². The second-order valence-corrected chi connectivity index (χ2v) is 5.04. The maximum Gasteiger partial charge on any atom is 0.125 e. The number of nitrogens with one attached hydrogen (secondary N) is 1. The second kappa shape index (κ2) is 4.99. The summed E-state index contributed by atoms with van der Waals surface area (Å²) < 4.78 is 5.59. The molecule has 3 unspecified atom stereocenters. The molecule has 2 heteroatoms. The Balaban J connectivity index is 1.81. The molecule has 0 amide bonds. The molecular weight excluding hydrogens is 222 g/mol. The zero-order chi connectivity index (χ0) is 12.4. The summed E-state index contributed by atoms with van der Waals surface area (Å²) >= 11 is 0. The van der Waals surface area contributed by atoms with Crippen molar-refractivity contribution in [2.45, 2.75) is 31.8 Å². The largest absolute Gasteiger partial charge is 0.467 e. The minimum absolute atomic E-state index is 0.183. The van der Waals surface area contributed by atoms with E-state index in [1.54, 1.807) is 6.26 Å². The number of hydrogen-bond donors (Lipinski definition) is 1. The Bertz CT molecular complexity index is 477. The van der Waals surface area contributed by atoms with Crippen LogP contribution in [0, 0.1) is 5.92 Å². The Kier molecular flexibility index (Phi) is 3.20. The molecule has 0 spiro atoms. The van der Waals surface area contributed by atoms with E-state index in [-0.39, 0.29) is 6.04 Å². The van der Waals surface area contributed by atoms with Crippen molar-refractivity contribution >= 4 is 0 Å². The van der Waals surface area contributed by atoms with Crippen molar-refractivity contribution in [3.8, 4) is 0 Å². The van der Waals surface area contributed by atoms with Gasteiger partial charge in [-0.1, -0.05) is 43.7 Å². The fourth-order valence-electron chi connectivity index (χ4n) is 2.56. The average molecular weight is 241 g/mol. The third kappa shape index (κ3) is 2.34. The molecule has 1 aliphatic carbocycles. The number of benzene rings is 1. The van der Waals surface area contributed by atoms with Gasteiger partial charge >= 0.3 is 0 Å². The third-order valence-electron chi connectivity index (χ3n) is 3.79. The molecule has 0 bridgehead atoms. The maximum absolute atomic E-state index is 5.59. The van der Waals surface area contributed by atoms with Crippen molar-refractivity contribution < 1.29 is 4.42 Å². The molecule has 1 aromatic carbocycles. The molecule has 94 valence electrons. The van der Waals surface area contributed by atoms with Gasteiger partial charge in [-0.25, -0.2) is 0 Å². The fourth-order valence-corrected chi connectivity index (χ4v) is 2.56. The summed E-state index contributed by atoms with van der Waals surface area (Å²) in [5, 5.41) is 3.72. The van der Waals surface area contributed by atoms with E-state index in [0.29, 0.717) is 6.04 Å². The number of hydrogen-bond acceptors (Lipinski definition) is 2. The van der Waals surface area contributed by atoms with E-state index in [9.17, 15) is 0 Å². The smallest absolute Gasteiger partial charge is 0.125 e. The van der Waals surface area contributed by atoms with Crippen LogP contribution < -0.4 is 5.32 Å². The van der Waals surface area contributed by atoms with Gasteiger partial charge in [-0.3, -0.25) is 0 Å². The summed E-state index contributed by atoms with van der Waals surface area (Å²) in [6.07, 6.45) is 4.30. The van der Waals surface area contributed by atoms with Crippen molar-refractivity contribution in [1.82, 2.24) is 5.32 Å². The highest BCUT2D eigenvalue weighted by Gasteiger charge is 2.37. The van der Waals surface area contributed by atoms with Crippen LogP contribution in [0.2, 0.25) is 0 Å². The van der Waals surface area contributed by atoms with Crippen LogP contribution >= 0.6 is 0 Å². The van der Waals surface area contributed by atoms with Crippen LogP contribution in [-0.4, -0.2) is 6.04 Å². The van der Waals surface area contributed by atoms with E-state index in [1.807, 2.05) is 12.1 Å². The molecule has 3 rings (SSSR count). The van der Waals surface area contributed by atoms with Crippen LogP contribution in [0.4, 0.5) is 0 Å². The number of furan rings is 1. The summed E-state index contributed by atoms with van der Waals surface area (Å²) in [5.74, 6) is 1.84. The molecule has 18 heavy (non-hydrogen) atoms. The lowest BCUT2D eigenvalue weighted by Gasteiger charge is -2.17. The summed E-state index contributed by atoms with van der Waals surface area (Å²) in [6.45, 7) is 2.26. The standard InChI is InChI=1S/C16H19NO/c1-2-12-11-14(12)17-16(15-9-6-10-18-15)13-7-4-3-5-8-13/h3-10,12,14,16-17H,2,11H2,1H3. The highest BCUT2D eigenvalue weighted by molar-refractivity contribution is 5.27. The van der Waals surface area contributed by atoms with Crippen LogP contribution in [0.1, 0.15) is 37.1 Å². The molecule has 1 aromatic heterocycles. The topological polar surface area (TPSA) is 25.2 Å². The second-order valence-electron chi connectivity index (χ2n) is 5.04. The third-order valence-corrected chi connectivity index (χ3v) is 3.79. The minimum atomic E-state index is 0.183. The molecule has 1 fully saturated rings. The predicted octanol–water partition coefficient (Wildman–Crippen LogP) is 3.76. The Morgan fingerprint density at radius 1 is 1.22 bits per heavy atom. The van der Waals surface area contributed by atoms with Crippen LogP contribution in [0.3, 0.4) is 0 Å². The van der Waals surface area contributed by atoms with E-state index >= 15 is 0 Å². The van der Waals surface area contributed by atoms with Gasteiger partial charge in [0, 0.05) is 6.04 Å². The lowest BCUT2D eigenvalue weighted by atomic mass is 10.0. The van der Waals surface area contributed by atoms with Gasteiger partial charge in [0.15, 0.2) is 0 Å². The van der Waals surface area contributed by atoms with Gasteiger partial charge in [-0.2, -0.15) is 0 Å². The Morgan fingerprint density at radius 2 is 2.06 bits per heavy atom. The highest BCUT2D eigenvalue weighted by atomic mass is 16.3. The van der Waals surface area contributed by atoms with Gasteiger partial charge in [0.2, 0.25) is 0 Å². The first-order valence-corrected chi connectivity index (χ1v) is 6.73. The predicted molar refractivity (Wildman–Crippen MR) is 72.3 cm³/mol. The van der Waals surface area contributed by atoms with Gasteiger partial charge in [0.1, 0.15) is 5.76 Å². The van der Waals surface area contributed by atoms with E-state index in [4.69, 9.17) is 4.42 Å². The monoisotopic (exact) mass is 241 g/mol. The number of rotatable bonds is 5. The zero-order valence-electron chi connectivity index (χ0n) is 10.7. The molecular formula is C16H19NO. The first-order chi connectivity index (χ1) is 8.88. The van der Waals surface area contributed by atoms with Gasteiger partial charge < -0.3 is 9.73 Å². The fraction of sp³-hybridized carbons (Fsp3) is 0.375. The van der Waals surface area contributed by atoms with Gasteiger partial charge in [-0.05, 0) is 30.0 Å². The van der Waals surface area contributed by atoms with Gasteiger partial charge in [0.05, 0.1) is 12.3 Å². The molecule has 1 heterocycles. The summed E-state index contributed by atoms with van der Waals surface area (Å²) in [5.41, 5.74) is 1.27. The Morgan fingerprint density at radius 3 is 2.67 bits per heavy atom. The first-order valence-electron chi connectivity index (χ1n) is 6.73. The molecule has 1 aliphatic rings. The van der Waals surface area contributed by atoms with E-state index in [1.165, 1.54) is 18.4 Å². The molecule has 0 aliphatic heterocycles. The lowest BCUT2D eigenvalue weighted by molar-refractivity contribution is 0.438. The highest BCUT2D eigenvalue weighted by Crippen LogP contribution is 2.36. The lowest BCUT2D eigenvalue weighted by Crippen LogP contribution is -2.25. The van der Waals surface area contributed by atoms with Crippen LogP contribution in [-0.2, 0) is 0 Å². The van der Waals surface area contributed by atoms with Crippen molar-refractivity contribution in [3.05, 3.63) is 60.1 Å². The Hall–Kier alpha value is -1.54. The van der Waals surface area contributed by atoms with Crippen molar-refractivity contribution in [2.75, 3.05) is 0 Å². The van der Waals surface area contributed by atoms with Crippen molar-refractivity contribution in [3.63, 3.8) is 0 Å². The SMILES string of the molecule is CCC1CC1NC(c1ccccc1)c1ccco1. The molecule has 0 saturated heterocycles. The van der Waals surface area contributed by atoms with Crippen LogP contribution in [0.15, 0.2) is 53.1 Å². The molecule has 2 nitrogen and oxygen atoms in total. The average Bonchev–Trinajstić information content (AvgIpc) is 2.96. The Labute approximate surface area is 108 Å². The summed E-state index contributed by atoms with van der Waals surface area (Å²) in [7, 11) is 0. The molecule has 1 N–H and O–H groups in total.